The van der Waals surface area contributed by atoms with Gasteiger partial charge in [0.15, 0.2) is 0 Å². The zero-order chi connectivity index (χ0) is 19.7. The normalized spacial score (nSPS) is 20.8. The van der Waals surface area contributed by atoms with Crippen molar-refractivity contribution in [1.29, 1.82) is 0 Å². The van der Waals surface area contributed by atoms with Crippen LogP contribution >= 0.6 is 0 Å². The Bertz CT molecular complexity index is 837. The Labute approximate surface area is 168 Å². The van der Waals surface area contributed by atoms with Gasteiger partial charge in [-0.1, -0.05) is 30.3 Å². The number of amides is 1. The molecule has 0 saturated carbocycles. The van der Waals surface area contributed by atoms with Crippen molar-refractivity contribution >= 4 is 11.6 Å². The van der Waals surface area contributed by atoms with Crippen LogP contribution in [-0.4, -0.2) is 36.0 Å². The number of piperidine rings is 1. The maximum absolute atomic E-state index is 12.1. The highest BCUT2D eigenvalue weighted by molar-refractivity contribution is 5.94. The molecular weight excluding hydrogens is 346 g/mol. The third-order valence-corrected chi connectivity index (χ3v) is 6.28. The molecule has 2 aliphatic heterocycles. The van der Waals surface area contributed by atoms with E-state index in [1.165, 1.54) is 22.3 Å². The zero-order valence-electron chi connectivity index (χ0n) is 17.0. The van der Waals surface area contributed by atoms with Gasteiger partial charge in [-0.2, -0.15) is 0 Å². The van der Waals surface area contributed by atoms with Crippen LogP contribution in [0, 0.1) is 0 Å². The Morgan fingerprint density at radius 2 is 1.71 bits per heavy atom. The van der Waals surface area contributed by atoms with Crippen molar-refractivity contribution in [2.45, 2.75) is 58.2 Å². The first-order valence-corrected chi connectivity index (χ1v) is 10.5. The van der Waals surface area contributed by atoms with E-state index in [0.717, 1.165) is 51.0 Å². The molecule has 0 aliphatic carbocycles. The number of nitrogens with zero attached hydrogens (tertiary/aromatic N) is 2. The molecule has 4 heteroatoms. The molecule has 0 radical (unpaired) electrons. The van der Waals surface area contributed by atoms with Gasteiger partial charge in [-0.15, -0.1) is 0 Å². The van der Waals surface area contributed by atoms with Crippen molar-refractivity contribution in [1.82, 2.24) is 4.90 Å². The molecule has 2 aromatic carbocycles. The van der Waals surface area contributed by atoms with Crippen molar-refractivity contribution in [3.63, 3.8) is 0 Å². The number of anilines is 1. The maximum atomic E-state index is 12.1. The Morgan fingerprint density at radius 3 is 2.39 bits per heavy atom. The summed E-state index contributed by atoms with van der Waals surface area (Å²) in [5.41, 5.74) is 12.2. The lowest BCUT2D eigenvalue weighted by atomic mass is 9.93. The van der Waals surface area contributed by atoms with Crippen molar-refractivity contribution in [3.05, 3.63) is 53.6 Å². The predicted octanol–water partition coefficient (Wildman–Crippen LogP) is 3.96. The smallest absolute Gasteiger partial charge is 0.224 e. The summed E-state index contributed by atoms with van der Waals surface area (Å²) in [6.45, 7) is 6.99. The van der Waals surface area contributed by atoms with Gasteiger partial charge in [-0.05, 0) is 80.1 Å². The van der Waals surface area contributed by atoms with E-state index >= 15 is 0 Å². The van der Waals surface area contributed by atoms with E-state index < -0.39 is 0 Å². The molecular formula is C24H31N3O. The Kier molecular flexibility index (Phi) is 5.51. The van der Waals surface area contributed by atoms with Crippen LogP contribution in [-0.2, 0) is 17.8 Å². The summed E-state index contributed by atoms with van der Waals surface area (Å²) >= 11 is 0. The lowest BCUT2D eigenvalue weighted by Crippen LogP contribution is -2.40. The number of fused-ring (bicyclic) bond motifs is 1. The molecule has 148 valence electrons. The molecule has 0 aromatic heterocycles. The molecule has 2 aliphatic rings. The highest BCUT2D eigenvalue weighted by atomic mass is 16.2. The Balaban J connectivity index is 1.50. The molecule has 0 bridgehead atoms. The molecule has 1 saturated heterocycles. The van der Waals surface area contributed by atoms with Crippen LogP contribution in [0.4, 0.5) is 5.69 Å². The molecule has 1 fully saturated rings. The van der Waals surface area contributed by atoms with Gasteiger partial charge in [0.05, 0.1) is 0 Å². The van der Waals surface area contributed by atoms with E-state index in [2.05, 4.69) is 54.3 Å². The number of carbonyl (C=O) groups is 1. The average molecular weight is 378 g/mol. The predicted molar refractivity (Wildman–Crippen MR) is 115 cm³/mol. The quantitative estimate of drug-likeness (QED) is 0.881. The van der Waals surface area contributed by atoms with E-state index in [1.54, 1.807) is 6.92 Å². The fourth-order valence-electron chi connectivity index (χ4n) is 4.58. The molecule has 1 atom stereocenters. The molecule has 0 spiro atoms. The van der Waals surface area contributed by atoms with Crippen LogP contribution in [0.1, 0.15) is 44.2 Å². The van der Waals surface area contributed by atoms with Gasteiger partial charge in [0.25, 0.3) is 0 Å². The number of hydrogen-bond acceptors (Lipinski definition) is 3. The van der Waals surface area contributed by atoms with Gasteiger partial charge in [0, 0.05) is 31.2 Å². The summed E-state index contributed by atoms with van der Waals surface area (Å²) < 4.78 is 0. The summed E-state index contributed by atoms with van der Waals surface area (Å²) in [4.78, 5) is 16.5. The maximum Gasteiger partial charge on any atom is 0.224 e. The van der Waals surface area contributed by atoms with Gasteiger partial charge >= 0.3 is 0 Å². The van der Waals surface area contributed by atoms with Gasteiger partial charge in [0.2, 0.25) is 5.91 Å². The number of likely N-dealkylation sites (tertiary alicyclic amines) is 1. The number of benzene rings is 2. The van der Waals surface area contributed by atoms with E-state index in [1.807, 2.05) is 4.90 Å². The standard InChI is InChI=1S/C24H31N3O/c1-17-3-6-22-15-21(9-10-24(22)27(17)18(2)28)20-7-4-19(5-8-20)16-26-13-11-23(25)12-14-26/h4-5,7-10,15,17,23H,3,6,11-14,16,25H2,1-2H3/t17-/m0/s1. The largest absolute Gasteiger partial charge is 0.328 e. The number of nitrogens with two attached hydrogens (primary N) is 1. The van der Waals surface area contributed by atoms with Gasteiger partial charge in [0.1, 0.15) is 0 Å². The third-order valence-electron chi connectivity index (χ3n) is 6.28. The first-order chi connectivity index (χ1) is 13.5. The number of hydrogen-bond donors (Lipinski definition) is 1. The van der Waals surface area contributed by atoms with Crippen LogP contribution in [0.5, 0.6) is 0 Å². The fraction of sp³-hybridized carbons (Fsp3) is 0.458. The summed E-state index contributed by atoms with van der Waals surface area (Å²) in [5.74, 6) is 0.129. The first kappa shape index (κ1) is 19.2. The van der Waals surface area contributed by atoms with Gasteiger partial charge in [-0.25, -0.2) is 0 Å². The minimum absolute atomic E-state index is 0.129. The van der Waals surface area contributed by atoms with Crippen molar-refractivity contribution in [2.24, 2.45) is 5.73 Å². The molecule has 2 N–H and O–H groups in total. The molecule has 4 rings (SSSR count). The van der Waals surface area contributed by atoms with E-state index in [4.69, 9.17) is 5.73 Å². The summed E-state index contributed by atoms with van der Waals surface area (Å²) in [7, 11) is 0. The van der Waals surface area contributed by atoms with Crippen molar-refractivity contribution < 1.29 is 4.79 Å². The van der Waals surface area contributed by atoms with Crippen LogP contribution in [0.2, 0.25) is 0 Å². The monoisotopic (exact) mass is 377 g/mol. The second kappa shape index (κ2) is 8.06. The molecule has 0 unspecified atom stereocenters. The summed E-state index contributed by atoms with van der Waals surface area (Å²) in [5, 5.41) is 0. The number of carbonyl (C=O) groups excluding carboxylic acids is 1. The summed E-state index contributed by atoms with van der Waals surface area (Å²) in [6.07, 6.45) is 4.25. The second-order valence-electron chi connectivity index (χ2n) is 8.43. The highest BCUT2D eigenvalue weighted by Crippen LogP contribution is 2.34. The average Bonchev–Trinajstić information content (AvgIpc) is 2.69. The second-order valence-corrected chi connectivity index (χ2v) is 8.43. The van der Waals surface area contributed by atoms with E-state index in [-0.39, 0.29) is 11.9 Å². The number of rotatable bonds is 3. The van der Waals surface area contributed by atoms with E-state index in [0.29, 0.717) is 6.04 Å². The van der Waals surface area contributed by atoms with Crippen molar-refractivity contribution in [3.8, 4) is 11.1 Å². The molecule has 2 aromatic rings. The van der Waals surface area contributed by atoms with E-state index in [9.17, 15) is 4.79 Å². The number of aryl methyl sites for hydroxylation is 1. The first-order valence-electron chi connectivity index (χ1n) is 10.5. The Hall–Kier alpha value is -2.17. The highest BCUT2D eigenvalue weighted by Gasteiger charge is 2.26. The molecule has 2 heterocycles. The third kappa shape index (κ3) is 3.98. The van der Waals surface area contributed by atoms with Crippen LogP contribution in [0.25, 0.3) is 11.1 Å². The topological polar surface area (TPSA) is 49.6 Å². The van der Waals surface area contributed by atoms with Gasteiger partial charge in [-0.3, -0.25) is 9.69 Å². The molecule has 4 nitrogen and oxygen atoms in total. The van der Waals surface area contributed by atoms with Crippen LogP contribution < -0.4 is 10.6 Å². The minimum atomic E-state index is 0.129. The lowest BCUT2D eigenvalue weighted by Gasteiger charge is -2.34. The molecule has 1 amide bonds. The summed E-state index contributed by atoms with van der Waals surface area (Å²) in [6, 6.07) is 16.1. The van der Waals surface area contributed by atoms with Crippen LogP contribution in [0.3, 0.4) is 0 Å². The molecule has 28 heavy (non-hydrogen) atoms. The SMILES string of the molecule is CC(=O)N1c2ccc(-c3ccc(CN4CCC(N)CC4)cc3)cc2CC[C@@H]1C. The van der Waals surface area contributed by atoms with Crippen molar-refractivity contribution in [2.75, 3.05) is 18.0 Å². The van der Waals surface area contributed by atoms with Gasteiger partial charge < -0.3 is 10.6 Å². The van der Waals surface area contributed by atoms with Crippen LogP contribution in [0.15, 0.2) is 42.5 Å². The zero-order valence-corrected chi connectivity index (χ0v) is 17.0. The Morgan fingerprint density at radius 1 is 1.04 bits per heavy atom. The minimum Gasteiger partial charge on any atom is -0.328 e. The fourth-order valence-corrected chi connectivity index (χ4v) is 4.58. The lowest BCUT2D eigenvalue weighted by molar-refractivity contribution is -0.117.